The van der Waals surface area contributed by atoms with E-state index >= 15 is 0 Å². The lowest BCUT2D eigenvalue weighted by atomic mass is 10.1. The Morgan fingerprint density at radius 1 is 1.24 bits per heavy atom. The maximum absolute atomic E-state index is 12.1. The Balaban J connectivity index is 2.03. The largest absolute Gasteiger partial charge is 0.387 e. The number of non-ortho nitro benzene ring substituents is 1. The molecule has 2 aromatic carbocycles. The van der Waals surface area contributed by atoms with Crippen molar-refractivity contribution in [1.29, 1.82) is 0 Å². The van der Waals surface area contributed by atoms with Crippen LogP contribution in [0.1, 0.15) is 22.0 Å². The van der Waals surface area contributed by atoms with Crippen molar-refractivity contribution in [3.63, 3.8) is 0 Å². The van der Waals surface area contributed by atoms with Gasteiger partial charge in [-0.15, -0.1) is 0 Å². The predicted molar refractivity (Wildman–Crippen MR) is 89.9 cm³/mol. The van der Waals surface area contributed by atoms with Crippen LogP contribution in [0.2, 0.25) is 0 Å². The molecule has 0 heterocycles. The van der Waals surface area contributed by atoms with Gasteiger partial charge in [-0.2, -0.15) is 0 Å². The molecule has 0 aliphatic carbocycles. The second-order valence-corrected chi connectivity index (χ2v) is 7.39. The zero-order valence-corrected chi connectivity index (χ0v) is 14.1. The van der Waals surface area contributed by atoms with E-state index in [0.29, 0.717) is 5.56 Å². The number of sulfone groups is 1. The molecule has 0 saturated heterocycles. The SMILES string of the molecule is CS(=O)(=O)c1cccc(C(=O)NCC(O)c2ccc([N+](=O)[O-])cc2)c1. The van der Waals surface area contributed by atoms with Gasteiger partial charge in [0.1, 0.15) is 0 Å². The number of benzene rings is 2. The standard InChI is InChI=1S/C16H16N2O6S/c1-25(23,24)14-4-2-3-12(9-14)16(20)17-10-15(19)11-5-7-13(8-6-11)18(21)22/h2-9,15,19H,10H2,1H3,(H,17,20). The third-order valence-electron chi connectivity index (χ3n) is 3.47. The summed E-state index contributed by atoms with van der Waals surface area (Å²) in [7, 11) is -3.43. The molecule has 2 N–H and O–H groups in total. The molecule has 1 amide bonds. The van der Waals surface area contributed by atoms with E-state index in [0.717, 1.165) is 6.26 Å². The maximum atomic E-state index is 12.1. The van der Waals surface area contributed by atoms with E-state index in [2.05, 4.69) is 5.32 Å². The number of nitro groups is 1. The summed E-state index contributed by atoms with van der Waals surface area (Å²) in [4.78, 5) is 22.2. The summed E-state index contributed by atoms with van der Waals surface area (Å²) >= 11 is 0. The molecular formula is C16H16N2O6S. The van der Waals surface area contributed by atoms with Gasteiger partial charge >= 0.3 is 0 Å². The molecule has 1 unspecified atom stereocenters. The molecule has 9 heteroatoms. The van der Waals surface area contributed by atoms with Crippen LogP contribution in [0.25, 0.3) is 0 Å². The predicted octanol–water partition coefficient (Wildman–Crippen LogP) is 1.46. The highest BCUT2D eigenvalue weighted by Crippen LogP contribution is 2.17. The van der Waals surface area contributed by atoms with Crippen molar-refractivity contribution in [2.75, 3.05) is 12.8 Å². The zero-order chi connectivity index (χ0) is 18.6. The Kier molecular flexibility index (Phi) is 5.50. The second-order valence-electron chi connectivity index (χ2n) is 5.37. The summed E-state index contributed by atoms with van der Waals surface area (Å²) in [5, 5.41) is 23.1. The molecule has 1 atom stereocenters. The number of hydrogen-bond donors (Lipinski definition) is 2. The Morgan fingerprint density at radius 3 is 2.44 bits per heavy atom. The molecule has 0 fully saturated rings. The van der Waals surface area contributed by atoms with Gasteiger partial charge in [-0.1, -0.05) is 6.07 Å². The van der Waals surface area contributed by atoms with Gasteiger partial charge in [-0.05, 0) is 35.9 Å². The molecule has 0 radical (unpaired) electrons. The second kappa shape index (κ2) is 7.41. The number of rotatable bonds is 6. The van der Waals surface area contributed by atoms with E-state index in [4.69, 9.17) is 0 Å². The fraction of sp³-hybridized carbons (Fsp3) is 0.188. The van der Waals surface area contributed by atoms with Crippen molar-refractivity contribution in [2.24, 2.45) is 0 Å². The molecule has 0 spiro atoms. The fourth-order valence-electron chi connectivity index (χ4n) is 2.10. The minimum Gasteiger partial charge on any atom is -0.387 e. The molecule has 0 aliphatic heterocycles. The Morgan fingerprint density at radius 2 is 1.88 bits per heavy atom. The Hall–Kier alpha value is -2.78. The number of amides is 1. The summed E-state index contributed by atoms with van der Waals surface area (Å²) in [6.07, 6.45) is -0.00891. The molecule has 2 rings (SSSR count). The van der Waals surface area contributed by atoms with Gasteiger partial charge in [0.05, 0.1) is 15.9 Å². The van der Waals surface area contributed by atoms with E-state index in [-0.39, 0.29) is 22.7 Å². The summed E-state index contributed by atoms with van der Waals surface area (Å²) < 4.78 is 23.0. The molecule has 25 heavy (non-hydrogen) atoms. The monoisotopic (exact) mass is 364 g/mol. The number of carbonyl (C=O) groups is 1. The molecule has 0 aromatic heterocycles. The first-order chi connectivity index (χ1) is 11.7. The van der Waals surface area contributed by atoms with Gasteiger partial charge < -0.3 is 10.4 Å². The molecule has 0 saturated carbocycles. The quantitative estimate of drug-likeness (QED) is 0.590. The highest BCUT2D eigenvalue weighted by atomic mass is 32.2. The van der Waals surface area contributed by atoms with Crippen molar-refractivity contribution < 1.29 is 23.2 Å². The van der Waals surface area contributed by atoms with Gasteiger partial charge in [-0.3, -0.25) is 14.9 Å². The fourth-order valence-corrected chi connectivity index (χ4v) is 2.76. The van der Waals surface area contributed by atoms with E-state index in [1.165, 1.54) is 48.5 Å². The van der Waals surface area contributed by atoms with Gasteiger partial charge in [0.15, 0.2) is 9.84 Å². The summed E-state index contributed by atoms with van der Waals surface area (Å²) in [6.45, 7) is -0.125. The van der Waals surface area contributed by atoms with Crippen molar-refractivity contribution in [2.45, 2.75) is 11.0 Å². The van der Waals surface area contributed by atoms with Crippen molar-refractivity contribution in [3.8, 4) is 0 Å². The van der Waals surface area contributed by atoms with Gasteiger partial charge in [0.2, 0.25) is 0 Å². The van der Waals surface area contributed by atoms with Crippen molar-refractivity contribution >= 4 is 21.4 Å². The third kappa shape index (κ3) is 4.85. The lowest BCUT2D eigenvalue weighted by Crippen LogP contribution is -2.28. The van der Waals surface area contributed by atoms with Crippen LogP contribution in [0, 0.1) is 10.1 Å². The smallest absolute Gasteiger partial charge is 0.269 e. The van der Waals surface area contributed by atoms with Crippen LogP contribution in [0.15, 0.2) is 53.4 Å². The summed E-state index contributed by atoms with van der Waals surface area (Å²) in [6, 6.07) is 10.9. The lowest BCUT2D eigenvalue weighted by molar-refractivity contribution is -0.384. The van der Waals surface area contributed by atoms with Crippen LogP contribution in [0.3, 0.4) is 0 Å². The first-order valence-corrected chi connectivity index (χ1v) is 9.08. The maximum Gasteiger partial charge on any atom is 0.269 e. The molecule has 132 valence electrons. The highest BCUT2D eigenvalue weighted by Gasteiger charge is 2.14. The zero-order valence-electron chi connectivity index (χ0n) is 13.2. The first kappa shape index (κ1) is 18.6. The topological polar surface area (TPSA) is 127 Å². The Bertz CT molecular complexity index is 893. The van der Waals surface area contributed by atoms with Crippen LogP contribution < -0.4 is 5.32 Å². The van der Waals surface area contributed by atoms with E-state index in [9.17, 15) is 28.4 Å². The van der Waals surface area contributed by atoms with Crippen LogP contribution in [-0.4, -0.2) is 37.2 Å². The van der Waals surface area contributed by atoms with Crippen LogP contribution in [0.5, 0.6) is 0 Å². The van der Waals surface area contributed by atoms with Gasteiger partial charge in [0, 0.05) is 30.5 Å². The van der Waals surface area contributed by atoms with E-state index in [1.54, 1.807) is 0 Å². The van der Waals surface area contributed by atoms with Crippen LogP contribution >= 0.6 is 0 Å². The Labute approximate surface area is 144 Å². The van der Waals surface area contributed by atoms with Crippen LogP contribution in [-0.2, 0) is 9.84 Å². The average molecular weight is 364 g/mol. The number of aliphatic hydroxyl groups is 1. The highest BCUT2D eigenvalue weighted by molar-refractivity contribution is 7.90. The van der Waals surface area contributed by atoms with Crippen LogP contribution in [0.4, 0.5) is 5.69 Å². The van der Waals surface area contributed by atoms with Crippen molar-refractivity contribution in [3.05, 3.63) is 69.8 Å². The van der Waals surface area contributed by atoms with E-state index < -0.39 is 26.8 Å². The summed E-state index contributed by atoms with van der Waals surface area (Å²) in [5.41, 5.74) is 0.465. The minimum atomic E-state index is -3.43. The van der Waals surface area contributed by atoms with Gasteiger partial charge in [0.25, 0.3) is 11.6 Å². The molecular weight excluding hydrogens is 348 g/mol. The molecule has 0 aliphatic rings. The number of nitrogens with one attached hydrogen (secondary N) is 1. The van der Waals surface area contributed by atoms with Gasteiger partial charge in [-0.25, -0.2) is 8.42 Å². The number of carbonyl (C=O) groups excluding carboxylic acids is 1. The molecule has 2 aromatic rings. The molecule has 8 nitrogen and oxygen atoms in total. The minimum absolute atomic E-state index is 0.0241. The number of hydrogen-bond acceptors (Lipinski definition) is 6. The number of nitrogens with zero attached hydrogens (tertiary/aromatic N) is 1. The van der Waals surface area contributed by atoms with E-state index in [1.807, 2.05) is 0 Å². The molecule has 0 bridgehead atoms. The lowest BCUT2D eigenvalue weighted by Gasteiger charge is -2.12. The third-order valence-corrected chi connectivity index (χ3v) is 4.58. The average Bonchev–Trinajstić information content (AvgIpc) is 2.58. The number of nitro benzene ring substituents is 1. The van der Waals surface area contributed by atoms with Crippen molar-refractivity contribution in [1.82, 2.24) is 5.32 Å². The summed E-state index contributed by atoms with van der Waals surface area (Å²) in [5.74, 6) is -0.536. The first-order valence-electron chi connectivity index (χ1n) is 7.19. The number of aliphatic hydroxyl groups excluding tert-OH is 1. The normalized spacial score (nSPS) is 12.4.